The van der Waals surface area contributed by atoms with E-state index in [2.05, 4.69) is 32.5 Å². The molecule has 0 aliphatic carbocycles. The number of carbonyl (C=O) groups excluding carboxylic acids is 3. The number of carbonyl (C=O) groups is 3. The van der Waals surface area contributed by atoms with Crippen LogP contribution in [0.2, 0.25) is 0 Å². The van der Waals surface area contributed by atoms with Crippen LogP contribution < -0.4 is 10.1 Å². The average molecular weight is 515 g/mol. The Bertz CT molecular complexity index is 1340. The van der Waals surface area contributed by atoms with Crippen LogP contribution in [-0.2, 0) is 22.7 Å². The summed E-state index contributed by atoms with van der Waals surface area (Å²) in [6.07, 6.45) is 7.35. The lowest BCUT2D eigenvalue weighted by Crippen LogP contribution is -2.52. The van der Waals surface area contributed by atoms with Gasteiger partial charge in [-0.05, 0) is 67.3 Å². The van der Waals surface area contributed by atoms with Crippen LogP contribution in [0.3, 0.4) is 0 Å². The van der Waals surface area contributed by atoms with Crippen LogP contribution >= 0.6 is 0 Å². The Morgan fingerprint density at radius 1 is 0.974 bits per heavy atom. The van der Waals surface area contributed by atoms with E-state index in [-0.39, 0.29) is 18.2 Å². The van der Waals surface area contributed by atoms with Crippen LogP contribution in [-0.4, -0.2) is 67.8 Å². The molecule has 1 aromatic heterocycles. The van der Waals surface area contributed by atoms with Crippen LogP contribution in [0.1, 0.15) is 53.6 Å². The van der Waals surface area contributed by atoms with Gasteiger partial charge in [0.05, 0.1) is 18.1 Å². The van der Waals surface area contributed by atoms with E-state index in [0.29, 0.717) is 31.2 Å². The molecule has 10 heteroatoms. The first-order valence-corrected chi connectivity index (χ1v) is 13.2. The molecule has 0 spiro atoms. The maximum Gasteiger partial charge on any atom is 0.255 e. The number of ether oxygens (including phenoxy) is 1. The quantitative estimate of drug-likeness (QED) is 0.483. The van der Waals surface area contributed by atoms with Crippen LogP contribution in [0.5, 0.6) is 5.75 Å². The van der Waals surface area contributed by atoms with E-state index in [1.807, 2.05) is 24.3 Å². The van der Waals surface area contributed by atoms with Gasteiger partial charge in [0.1, 0.15) is 18.4 Å². The zero-order valence-electron chi connectivity index (χ0n) is 21.1. The highest BCUT2D eigenvalue weighted by atomic mass is 16.5. The number of piperidine rings is 2. The number of likely N-dealkylation sites (tertiary alicyclic amines) is 1. The first-order chi connectivity index (χ1) is 18.5. The number of benzene rings is 2. The minimum Gasteiger partial charge on any atom is -0.492 e. The summed E-state index contributed by atoms with van der Waals surface area (Å²) in [5.74, 6) is -0.132. The van der Waals surface area contributed by atoms with Crippen LogP contribution in [0.4, 0.5) is 0 Å². The number of imide groups is 1. The van der Waals surface area contributed by atoms with Crippen molar-refractivity contribution in [3.8, 4) is 11.4 Å². The Morgan fingerprint density at radius 2 is 1.79 bits per heavy atom. The second-order valence-electron chi connectivity index (χ2n) is 10.1. The fourth-order valence-corrected chi connectivity index (χ4v) is 5.61. The summed E-state index contributed by atoms with van der Waals surface area (Å²) in [7, 11) is 0. The second-order valence-corrected chi connectivity index (χ2v) is 10.1. The lowest BCUT2D eigenvalue weighted by atomic mass is 10.0. The molecule has 3 aliphatic heterocycles. The van der Waals surface area contributed by atoms with E-state index < -0.39 is 11.9 Å². The van der Waals surface area contributed by atoms with Crippen molar-refractivity contribution in [3.05, 3.63) is 71.5 Å². The van der Waals surface area contributed by atoms with E-state index in [1.54, 1.807) is 28.2 Å². The zero-order valence-corrected chi connectivity index (χ0v) is 21.1. The summed E-state index contributed by atoms with van der Waals surface area (Å²) < 4.78 is 6.24. The van der Waals surface area contributed by atoms with Crippen molar-refractivity contribution in [2.75, 3.05) is 13.2 Å². The van der Waals surface area contributed by atoms with Crippen molar-refractivity contribution in [2.45, 2.75) is 57.3 Å². The van der Waals surface area contributed by atoms with Gasteiger partial charge in [0.25, 0.3) is 5.91 Å². The molecule has 0 saturated carbocycles. The van der Waals surface area contributed by atoms with Crippen LogP contribution in [0.25, 0.3) is 5.69 Å². The minimum atomic E-state index is -0.613. The van der Waals surface area contributed by atoms with Gasteiger partial charge in [-0.1, -0.05) is 18.6 Å². The molecule has 1 unspecified atom stereocenters. The second kappa shape index (κ2) is 10.4. The van der Waals surface area contributed by atoms with Crippen molar-refractivity contribution in [3.63, 3.8) is 0 Å². The molecule has 2 aromatic carbocycles. The van der Waals surface area contributed by atoms with Crippen molar-refractivity contribution >= 4 is 17.7 Å². The number of amides is 3. The van der Waals surface area contributed by atoms with E-state index in [4.69, 9.17) is 4.74 Å². The molecule has 10 nitrogen and oxygen atoms in total. The summed E-state index contributed by atoms with van der Waals surface area (Å²) in [6, 6.07) is 13.5. The molecular formula is C28H30N6O4. The van der Waals surface area contributed by atoms with Gasteiger partial charge in [0.2, 0.25) is 11.8 Å². The smallest absolute Gasteiger partial charge is 0.255 e. The maximum absolute atomic E-state index is 12.9. The normalized spacial score (nSPS) is 21.9. The molecule has 4 heterocycles. The predicted molar refractivity (Wildman–Crippen MR) is 137 cm³/mol. The number of nitrogens with zero attached hydrogens (tertiary/aromatic N) is 5. The van der Waals surface area contributed by atoms with Gasteiger partial charge in [-0.2, -0.15) is 15.0 Å². The number of hydrogen-bond acceptors (Lipinski definition) is 7. The first kappa shape index (κ1) is 24.3. The Balaban J connectivity index is 1.08. The molecule has 3 aromatic rings. The molecule has 3 aliphatic rings. The topological polar surface area (TPSA) is 110 Å². The molecule has 6 rings (SSSR count). The highest BCUT2D eigenvalue weighted by molar-refractivity contribution is 6.05. The third-order valence-electron chi connectivity index (χ3n) is 7.66. The Labute approximate surface area is 220 Å². The maximum atomic E-state index is 12.9. The number of hydrogen-bond donors (Lipinski definition) is 1. The number of nitrogens with one attached hydrogen (secondary N) is 1. The molecule has 1 N–H and O–H groups in total. The van der Waals surface area contributed by atoms with E-state index >= 15 is 0 Å². The highest BCUT2D eigenvalue weighted by Gasteiger charge is 2.39. The van der Waals surface area contributed by atoms with Crippen molar-refractivity contribution in [2.24, 2.45) is 0 Å². The molecule has 2 atom stereocenters. The Morgan fingerprint density at radius 3 is 2.58 bits per heavy atom. The third-order valence-corrected chi connectivity index (χ3v) is 7.66. The third kappa shape index (κ3) is 4.91. The summed E-state index contributed by atoms with van der Waals surface area (Å²) >= 11 is 0. The lowest BCUT2D eigenvalue weighted by Gasteiger charge is -2.35. The van der Waals surface area contributed by atoms with E-state index in [0.717, 1.165) is 36.5 Å². The fraction of sp³-hybridized carbons (Fsp3) is 0.393. The van der Waals surface area contributed by atoms with Gasteiger partial charge in [-0.15, -0.1) is 0 Å². The number of fused-ring (bicyclic) bond motifs is 1. The zero-order chi connectivity index (χ0) is 26.1. The highest BCUT2D eigenvalue weighted by Crippen LogP contribution is 2.30. The minimum absolute atomic E-state index is 0.172. The standard InChI is InChI=1S/C28H30N6O4/c35-26-11-10-25(27(36)31-26)33-17-20-15-23(8-9-24(20)28(33)37)38-18-22-3-1-2-14-32(22)16-19-4-6-21(7-5-19)34-29-12-13-30-34/h4-9,12-13,15,22,25H,1-3,10-11,14,16-18H2,(H,31,35,36)/t22-,25?/m0/s1. The van der Waals surface area contributed by atoms with Gasteiger partial charge >= 0.3 is 0 Å². The van der Waals surface area contributed by atoms with Crippen molar-refractivity contribution < 1.29 is 19.1 Å². The molecule has 196 valence electrons. The molecule has 0 bridgehead atoms. The monoisotopic (exact) mass is 514 g/mol. The van der Waals surface area contributed by atoms with Gasteiger partial charge in [0.15, 0.2) is 0 Å². The SMILES string of the molecule is O=C1CCC(N2Cc3cc(OC[C@@H]4CCCCN4Cc4ccc(-n5nccn5)cc4)ccc3C2=O)C(=O)N1. The Hall–Kier alpha value is -4.05. The largest absolute Gasteiger partial charge is 0.492 e. The van der Waals surface area contributed by atoms with Crippen molar-refractivity contribution in [1.29, 1.82) is 0 Å². The molecular weight excluding hydrogens is 484 g/mol. The van der Waals surface area contributed by atoms with Crippen LogP contribution in [0, 0.1) is 0 Å². The molecule has 2 fully saturated rings. The number of aromatic nitrogens is 3. The lowest BCUT2D eigenvalue weighted by molar-refractivity contribution is -0.136. The van der Waals surface area contributed by atoms with E-state index in [9.17, 15) is 14.4 Å². The van der Waals surface area contributed by atoms with Crippen molar-refractivity contribution in [1.82, 2.24) is 30.1 Å². The average Bonchev–Trinajstić information content (AvgIpc) is 3.57. The molecule has 3 amide bonds. The number of rotatable bonds is 7. The van der Waals surface area contributed by atoms with Gasteiger partial charge in [-0.3, -0.25) is 24.6 Å². The van der Waals surface area contributed by atoms with Gasteiger partial charge < -0.3 is 9.64 Å². The van der Waals surface area contributed by atoms with Gasteiger partial charge in [0, 0.05) is 31.1 Å². The van der Waals surface area contributed by atoms with Crippen LogP contribution in [0.15, 0.2) is 54.9 Å². The predicted octanol–water partition coefficient (Wildman–Crippen LogP) is 2.46. The molecule has 2 saturated heterocycles. The summed E-state index contributed by atoms with van der Waals surface area (Å²) in [6.45, 7) is 2.78. The summed E-state index contributed by atoms with van der Waals surface area (Å²) in [4.78, 5) is 42.4. The Kier molecular flexibility index (Phi) is 6.63. The fourth-order valence-electron chi connectivity index (χ4n) is 5.61. The molecule has 0 radical (unpaired) electrons. The first-order valence-electron chi connectivity index (χ1n) is 13.2. The van der Waals surface area contributed by atoms with Gasteiger partial charge in [-0.25, -0.2) is 0 Å². The summed E-state index contributed by atoms with van der Waals surface area (Å²) in [5, 5.41) is 10.7. The van der Waals surface area contributed by atoms with E-state index in [1.165, 1.54) is 18.4 Å². The summed E-state index contributed by atoms with van der Waals surface area (Å²) in [5.41, 5.74) is 3.61. The molecule has 38 heavy (non-hydrogen) atoms.